The van der Waals surface area contributed by atoms with Crippen LogP contribution in [-0.2, 0) is 14.8 Å². The van der Waals surface area contributed by atoms with E-state index in [-0.39, 0.29) is 22.8 Å². The Morgan fingerprint density at radius 1 is 1.23 bits per heavy atom. The summed E-state index contributed by atoms with van der Waals surface area (Å²) in [5.74, 6) is -1.21. The molecule has 1 aliphatic heterocycles. The number of carboxylic acids is 1. The molecule has 0 radical (unpaired) electrons. The Bertz CT molecular complexity index is 986. The molecule has 3 rings (SSSR count). The molecule has 2 aromatic carbocycles. The van der Waals surface area contributed by atoms with E-state index in [1.807, 2.05) is 0 Å². The second-order valence-electron chi connectivity index (χ2n) is 5.67. The fraction of sp³-hybridized carbons (Fsp3) is 0.176. The third kappa shape index (κ3) is 3.33. The molecule has 8 nitrogen and oxygen atoms in total. The van der Waals surface area contributed by atoms with Crippen molar-refractivity contribution < 1.29 is 27.9 Å². The SMILES string of the molecule is Cc1ccc(S(=O)(=O)Nc2ccccc2N2CCOC2=O)cc1C(=O)O. The molecule has 2 aromatic rings. The number of aryl methyl sites for hydroxylation is 1. The Morgan fingerprint density at radius 2 is 1.96 bits per heavy atom. The molecule has 0 spiro atoms. The van der Waals surface area contributed by atoms with Crippen molar-refractivity contribution >= 4 is 33.5 Å². The third-order valence-corrected chi connectivity index (χ3v) is 5.31. The molecule has 0 aliphatic carbocycles. The Kier molecular flexibility index (Phi) is 4.56. The number of nitrogens with zero attached hydrogens (tertiary/aromatic N) is 1. The van der Waals surface area contributed by atoms with E-state index in [4.69, 9.17) is 4.74 Å². The van der Waals surface area contributed by atoms with Crippen molar-refractivity contribution in [3.05, 3.63) is 53.6 Å². The van der Waals surface area contributed by atoms with Gasteiger partial charge in [-0.25, -0.2) is 18.0 Å². The van der Waals surface area contributed by atoms with Gasteiger partial charge < -0.3 is 9.84 Å². The molecular weight excluding hydrogens is 360 g/mol. The Hall–Kier alpha value is -3.07. The number of carboxylic acid groups (broad SMARTS) is 1. The number of benzene rings is 2. The van der Waals surface area contributed by atoms with E-state index in [2.05, 4.69) is 4.72 Å². The van der Waals surface area contributed by atoms with Crippen molar-refractivity contribution in [2.45, 2.75) is 11.8 Å². The maximum Gasteiger partial charge on any atom is 0.414 e. The van der Waals surface area contributed by atoms with Crippen LogP contribution in [0.3, 0.4) is 0 Å². The fourth-order valence-corrected chi connectivity index (χ4v) is 3.71. The zero-order valence-electron chi connectivity index (χ0n) is 13.8. The molecule has 1 amide bonds. The molecule has 0 saturated carbocycles. The lowest BCUT2D eigenvalue weighted by molar-refractivity contribution is 0.0695. The van der Waals surface area contributed by atoms with Crippen LogP contribution in [0.5, 0.6) is 0 Å². The molecule has 1 fully saturated rings. The number of cyclic esters (lactones) is 1. The van der Waals surface area contributed by atoms with Gasteiger partial charge in [-0.2, -0.15) is 0 Å². The third-order valence-electron chi connectivity index (χ3n) is 3.95. The van der Waals surface area contributed by atoms with E-state index < -0.39 is 22.1 Å². The molecule has 1 aliphatic rings. The first-order valence-electron chi connectivity index (χ1n) is 7.70. The Labute approximate surface area is 150 Å². The molecule has 136 valence electrons. The van der Waals surface area contributed by atoms with E-state index in [1.54, 1.807) is 25.1 Å². The second-order valence-corrected chi connectivity index (χ2v) is 7.35. The topological polar surface area (TPSA) is 113 Å². The lowest BCUT2D eigenvalue weighted by Gasteiger charge is -2.18. The highest BCUT2D eigenvalue weighted by molar-refractivity contribution is 7.92. The van der Waals surface area contributed by atoms with Crippen molar-refractivity contribution in [3.8, 4) is 0 Å². The maximum atomic E-state index is 12.7. The number of sulfonamides is 1. The summed E-state index contributed by atoms with van der Waals surface area (Å²) >= 11 is 0. The average Bonchev–Trinajstić information content (AvgIpc) is 3.01. The summed E-state index contributed by atoms with van der Waals surface area (Å²) in [6, 6.07) is 10.3. The summed E-state index contributed by atoms with van der Waals surface area (Å²) in [4.78, 5) is 24.2. The fourth-order valence-electron chi connectivity index (χ4n) is 2.61. The molecular formula is C17H16N2O6S. The van der Waals surface area contributed by atoms with Gasteiger partial charge in [0, 0.05) is 0 Å². The highest BCUT2D eigenvalue weighted by Gasteiger charge is 2.27. The van der Waals surface area contributed by atoms with Crippen LogP contribution in [0.1, 0.15) is 15.9 Å². The van der Waals surface area contributed by atoms with Gasteiger partial charge in [-0.3, -0.25) is 9.62 Å². The number of amides is 1. The van der Waals surface area contributed by atoms with E-state index in [0.29, 0.717) is 17.8 Å². The maximum absolute atomic E-state index is 12.7. The van der Waals surface area contributed by atoms with E-state index in [9.17, 15) is 23.1 Å². The number of rotatable bonds is 5. The molecule has 0 atom stereocenters. The van der Waals surface area contributed by atoms with Crippen molar-refractivity contribution in [3.63, 3.8) is 0 Å². The number of aromatic carboxylic acids is 1. The number of hydrogen-bond donors (Lipinski definition) is 2. The van der Waals surface area contributed by atoms with Crippen LogP contribution in [0.2, 0.25) is 0 Å². The monoisotopic (exact) mass is 376 g/mol. The normalized spacial score (nSPS) is 14.2. The first-order valence-corrected chi connectivity index (χ1v) is 9.18. The van der Waals surface area contributed by atoms with Gasteiger partial charge in [0.1, 0.15) is 6.61 Å². The minimum Gasteiger partial charge on any atom is -0.478 e. The molecule has 0 bridgehead atoms. The van der Waals surface area contributed by atoms with Gasteiger partial charge in [0.25, 0.3) is 10.0 Å². The van der Waals surface area contributed by atoms with Crippen LogP contribution in [0.25, 0.3) is 0 Å². The van der Waals surface area contributed by atoms with Crippen molar-refractivity contribution in [2.24, 2.45) is 0 Å². The van der Waals surface area contributed by atoms with Crippen LogP contribution >= 0.6 is 0 Å². The summed E-state index contributed by atoms with van der Waals surface area (Å²) in [5, 5.41) is 9.19. The first-order chi connectivity index (χ1) is 12.3. The standard InChI is InChI=1S/C17H16N2O6S/c1-11-6-7-12(10-13(11)16(20)21)26(23,24)18-14-4-2-3-5-15(14)19-8-9-25-17(19)22/h2-7,10,18H,8-9H2,1H3,(H,20,21). The summed E-state index contributed by atoms with van der Waals surface area (Å²) in [7, 11) is -4.05. The minimum atomic E-state index is -4.05. The minimum absolute atomic E-state index is 0.0933. The summed E-state index contributed by atoms with van der Waals surface area (Å²) in [6.07, 6.45) is -0.555. The van der Waals surface area contributed by atoms with Gasteiger partial charge in [0.2, 0.25) is 0 Å². The van der Waals surface area contributed by atoms with Gasteiger partial charge in [-0.05, 0) is 36.8 Å². The zero-order chi connectivity index (χ0) is 18.9. The Balaban J connectivity index is 1.98. The van der Waals surface area contributed by atoms with E-state index in [0.717, 1.165) is 6.07 Å². The second kappa shape index (κ2) is 6.68. The summed E-state index contributed by atoms with van der Waals surface area (Å²) < 4.78 is 32.7. The number of carbonyl (C=O) groups is 2. The quantitative estimate of drug-likeness (QED) is 0.829. The Morgan fingerprint density at radius 3 is 2.62 bits per heavy atom. The molecule has 0 unspecified atom stereocenters. The van der Waals surface area contributed by atoms with Crippen molar-refractivity contribution in [2.75, 3.05) is 22.8 Å². The molecule has 9 heteroatoms. The van der Waals surface area contributed by atoms with Crippen molar-refractivity contribution in [1.29, 1.82) is 0 Å². The van der Waals surface area contributed by atoms with E-state index >= 15 is 0 Å². The molecule has 1 heterocycles. The molecule has 26 heavy (non-hydrogen) atoms. The largest absolute Gasteiger partial charge is 0.478 e. The number of para-hydroxylation sites is 2. The van der Waals surface area contributed by atoms with Crippen molar-refractivity contribution in [1.82, 2.24) is 0 Å². The summed E-state index contributed by atoms with van der Waals surface area (Å²) in [5.41, 5.74) is 0.925. The van der Waals surface area contributed by atoms with Crippen LogP contribution in [0.15, 0.2) is 47.4 Å². The highest BCUT2D eigenvalue weighted by atomic mass is 32.2. The summed E-state index contributed by atoms with van der Waals surface area (Å²) in [6.45, 7) is 2.12. The number of ether oxygens (including phenoxy) is 1. The van der Waals surface area contributed by atoms with Gasteiger partial charge >= 0.3 is 12.1 Å². The van der Waals surface area contributed by atoms with Crippen LogP contribution in [0.4, 0.5) is 16.2 Å². The molecule has 1 saturated heterocycles. The van der Waals surface area contributed by atoms with Gasteiger partial charge in [-0.15, -0.1) is 0 Å². The van der Waals surface area contributed by atoms with Gasteiger partial charge in [0.15, 0.2) is 0 Å². The van der Waals surface area contributed by atoms with E-state index in [1.165, 1.54) is 23.1 Å². The first kappa shape index (κ1) is 17.7. The van der Waals surface area contributed by atoms with Crippen LogP contribution < -0.4 is 9.62 Å². The van der Waals surface area contributed by atoms with Crippen LogP contribution in [-0.4, -0.2) is 38.7 Å². The smallest absolute Gasteiger partial charge is 0.414 e. The highest BCUT2D eigenvalue weighted by Crippen LogP contribution is 2.30. The van der Waals surface area contributed by atoms with Gasteiger partial charge in [-0.1, -0.05) is 18.2 Å². The predicted octanol–water partition coefficient (Wildman–Crippen LogP) is 2.45. The van der Waals surface area contributed by atoms with Crippen LogP contribution in [0, 0.1) is 6.92 Å². The lowest BCUT2D eigenvalue weighted by atomic mass is 10.1. The number of carbonyl (C=O) groups excluding carboxylic acids is 1. The zero-order valence-corrected chi connectivity index (χ0v) is 14.6. The molecule has 2 N–H and O–H groups in total. The number of hydrogen-bond acceptors (Lipinski definition) is 5. The number of anilines is 2. The average molecular weight is 376 g/mol. The predicted molar refractivity (Wildman–Crippen MR) is 94.1 cm³/mol. The van der Waals surface area contributed by atoms with Gasteiger partial charge in [0.05, 0.1) is 28.4 Å². The number of nitrogens with one attached hydrogen (secondary N) is 1. The lowest BCUT2D eigenvalue weighted by Crippen LogP contribution is -2.25. The molecule has 0 aromatic heterocycles.